The summed E-state index contributed by atoms with van der Waals surface area (Å²) in [6.07, 6.45) is 4.10. The molecule has 6 heteroatoms. The Hall–Kier alpha value is -3.15. The van der Waals surface area contributed by atoms with Gasteiger partial charge in [-0.25, -0.2) is 0 Å². The Bertz CT molecular complexity index is 947. The zero-order valence-electron chi connectivity index (χ0n) is 19.2. The highest BCUT2D eigenvalue weighted by molar-refractivity contribution is 6.40. The fourth-order valence-corrected chi connectivity index (χ4v) is 3.98. The van der Waals surface area contributed by atoms with Crippen molar-refractivity contribution in [3.8, 4) is 0 Å². The number of para-hydroxylation sites is 1. The Labute approximate surface area is 190 Å². The van der Waals surface area contributed by atoms with E-state index in [2.05, 4.69) is 36.6 Å². The molecule has 1 unspecified atom stereocenters. The summed E-state index contributed by atoms with van der Waals surface area (Å²) in [7, 11) is 0. The third-order valence-electron chi connectivity index (χ3n) is 5.73. The zero-order valence-corrected chi connectivity index (χ0v) is 19.2. The molecule has 0 radical (unpaired) electrons. The molecule has 1 aliphatic rings. The summed E-state index contributed by atoms with van der Waals surface area (Å²) in [4.78, 5) is 39.8. The van der Waals surface area contributed by atoms with Gasteiger partial charge in [-0.05, 0) is 61.8 Å². The lowest BCUT2D eigenvalue weighted by Gasteiger charge is -2.27. The average Bonchev–Trinajstić information content (AvgIpc) is 2.79. The highest BCUT2D eigenvalue weighted by Gasteiger charge is 2.23. The van der Waals surface area contributed by atoms with Gasteiger partial charge in [0.25, 0.3) is 5.91 Å². The summed E-state index contributed by atoms with van der Waals surface area (Å²) in [5.74, 6) is -1.06. The van der Waals surface area contributed by atoms with Crippen LogP contribution in [0.15, 0.2) is 48.5 Å². The molecule has 32 heavy (non-hydrogen) atoms. The van der Waals surface area contributed by atoms with Gasteiger partial charge in [0.2, 0.25) is 0 Å². The lowest BCUT2D eigenvalue weighted by atomic mass is 10.00. The molecule has 6 nitrogen and oxygen atoms in total. The Morgan fingerprint density at radius 2 is 1.53 bits per heavy atom. The third-order valence-corrected chi connectivity index (χ3v) is 5.73. The van der Waals surface area contributed by atoms with Crippen LogP contribution in [0, 0.1) is 5.92 Å². The monoisotopic (exact) mass is 435 g/mol. The van der Waals surface area contributed by atoms with Gasteiger partial charge in [-0.1, -0.05) is 50.2 Å². The van der Waals surface area contributed by atoms with Gasteiger partial charge in [0.05, 0.1) is 17.3 Å². The van der Waals surface area contributed by atoms with E-state index in [4.69, 9.17) is 0 Å². The second-order valence-corrected chi connectivity index (χ2v) is 8.89. The van der Waals surface area contributed by atoms with Gasteiger partial charge in [-0.15, -0.1) is 0 Å². The van der Waals surface area contributed by atoms with Crippen molar-refractivity contribution in [3.63, 3.8) is 0 Å². The van der Waals surface area contributed by atoms with Gasteiger partial charge in [0.1, 0.15) is 0 Å². The highest BCUT2D eigenvalue weighted by atomic mass is 16.2. The Morgan fingerprint density at radius 1 is 0.875 bits per heavy atom. The summed E-state index contributed by atoms with van der Waals surface area (Å²) >= 11 is 0. The molecule has 0 spiro atoms. The number of rotatable bonds is 6. The quantitative estimate of drug-likeness (QED) is 0.663. The fourth-order valence-electron chi connectivity index (χ4n) is 3.98. The first-order valence-electron chi connectivity index (χ1n) is 11.4. The van der Waals surface area contributed by atoms with Crippen molar-refractivity contribution in [1.82, 2.24) is 10.2 Å². The van der Waals surface area contributed by atoms with E-state index in [1.807, 2.05) is 19.1 Å². The topological polar surface area (TPSA) is 78.5 Å². The molecule has 3 amide bonds. The first-order valence-corrected chi connectivity index (χ1v) is 11.4. The Balaban J connectivity index is 1.62. The van der Waals surface area contributed by atoms with Crippen LogP contribution in [0.25, 0.3) is 0 Å². The zero-order chi connectivity index (χ0) is 23.1. The molecule has 0 saturated carbocycles. The van der Waals surface area contributed by atoms with Gasteiger partial charge in [0, 0.05) is 13.1 Å². The van der Waals surface area contributed by atoms with Crippen LogP contribution in [0.4, 0.5) is 5.69 Å². The number of piperidine rings is 1. The number of likely N-dealkylation sites (tertiary alicyclic amines) is 1. The van der Waals surface area contributed by atoms with E-state index < -0.39 is 11.8 Å². The number of benzene rings is 2. The van der Waals surface area contributed by atoms with E-state index in [1.165, 1.54) is 5.56 Å². The molecule has 0 bridgehead atoms. The van der Waals surface area contributed by atoms with Gasteiger partial charge < -0.3 is 15.5 Å². The number of carbonyl (C=O) groups excluding carboxylic acids is 3. The number of anilines is 1. The lowest BCUT2D eigenvalue weighted by Crippen LogP contribution is -2.38. The van der Waals surface area contributed by atoms with Crippen LogP contribution < -0.4 is 10.6 Å². The smallest absolute Gasteiger partial charge is 0.313 e. The molecule has 2 aromatic rings. The first-order chi connectivity index (χ1) is 15.3. The van der Waals surface area contributed by atoms with E-state index in [1.54, 1.807) is 29.2 Å². The number of hydrogen-bond acceptors (Lipinski definition) is 3. The predicted molar refractivity (Wildman–Crippen MR) is 126 cm³/mol. The number of amides is 3. The molecular formula is C26H33N3O3. The molecule has 3 rings (SSSR count). The largest absolute Gasteiger partial charge is 0.341 e. The summed E-state index contributed by atoms with van der Waals surface area (Å²) < 4.78 is 0. The number of carbonyl (C=O) groups is 3. The predicted octanol–water partition coefficient (Wildman–Crippen LogP) is 4.33. The average molecular weight is 436 g/mol. The summed E-state index contributed by atoms with van der Waals surface area (Å²) in [6, 6.07) is 14.6. The normalized spacial score (nSPS) is 14.7. The van der Waals surface area contributed by atoms with Gasteiger partial charge >= 0.3 is 11.8 Å². The molecule has 1 atom stereocenters. The molecule has 0 aliphatic carbocycles. The number of nitrogens with zero attached hydrogens (tertiary/aromatic N) is 1. The minimum absolute atomic E-state index is 0.115. The lowest BCUT2D eigenvalue weighted by molar-refractivity contribution is -0.136. The van der Waals surface area contributed by atoms with Crippen molar-refractivity contribution in [2.45, 2.75) is 52.5 Å². The number of nitrogens with one attached hydrogen (secondary N) is 2. The highest BCUT2D eigenvalue weighted by Crippen LogP contribution is 2.20. The van der Waals surface area contributed by atoms with E-state index in [0.717, 1.165) is 44.3 Å². The summed E-state index contributed by atoms with van der Waals surface area (Å²) in [6.45, 7) is 7.63. The van der Waals surface area contributed by atoms with E-state index in [-0.39, 0.29) is 11.9 Å². The molecule has 170 valence electrons. The van der Waals surface area contributed by atoms with E-state index >= 15 is 0 Å². The molecular weight excluding hydrogens is 402 g/mol. The number of hydrogen-bond donors (Lipinski definition) is 2. The minimum atomic E-state index is -0.785. The maximum absolute atomic E-state index is 12.9. The van der Waals surface area contributed by atoms with Crippen molar-refractivity contribution in [2.75, 3.05) is 18.4 Å². The molecule has 1 aliphatic heterocycles. The van der Waals surface area contributed by atoms with Crippen LogP contribution in [0.5, 0.6) is 0 Å². The second kappa shape index (κ2) is 10.9. The summed E-state index contributed by atoms with van der Waals surface area (Å²) in [5, 5.41) is 5.36. The van der Waals surface area contributed by atoms with Crippen LogP contribution in [-0.4, -0.2) is 35.7 Å². The molecule has 0 aromatic heterocycles. The first kappa shape index (κ1) is 23.5. The van der Waals surface area contributed by atoms with Crippen molar-refractivity contribution in [2.24, 2.45) is 5.92 Å². The van der Waals surface area contributed by atoms with Gasteiger partial charge in [-0.2, -0.15) is 0 Å². The SMILES string of the molecule is CC(C)Cc1ccc(C(C)NC(=O)C(=O)Nc2ccccc2C(=O)N2CCCCC2)cc1. The van der Waals surface area contributed by atoms with E-state index in [0.29, 0.717) is 17.2 Å². The van der Waals surface area contributed by atoms with Crippen LogP contribution >= 0.6 is 0 Å². The Kier molecular flexibility index (Phi) is 8.03. The van der Waals surface area contributed by atoms with Crippen molar-refractivity contribution in [1.29, 1.82) is 0 Å². The molecule has 1 fully saturated rings. The standard InChI is InChI=1S/C26H33N3O3/c1-18(2)17-20-11-13-21(14-12-20)19(3)27-24(30)25(31)28-23-10-6-5-9-22(23)26(32)29-15-7-4-8-16-29/h5-6,9-14,18-19H,4,7-8,15-17H2,1-3H3,(H,27,30)(H,28,31). The van der Waals surface area contributed by atoms with Crippen LogP contribution in [-0.2, 0) is 16.0 Å². The van der Waals surface area contributed by atoms with Crippen LogP contribution in [0.2, 0.25) is 0 Å². The van der Waals surface area contributed by atoms with Crippen molar-refractivity contribution in [3.05, 3.63) is 65.2 Å². The molecule has 2 aromatic carbocycles. The van der Waals surface area contributed by atoms with Crippen LogP contribution in [0.1, 0.15) is 67.6 Å². The van der Waals surface area contributed by atoms with Gasteiger partial charge in [0.15, 0.2) is 0 Å². The van der Waals surface area contributed by atoms with Crippen molar-refractivity contribution < 1.29 is 14.4 Å². The molecule has 1 saturated heterocycles. The second-order valence-electron chi connectivity index (χ2n) is 8.89. The third kappa shape index (κ3) is 6.19. The molecule has 2 N–H and O–H groups in total. The molecule has 1 heterocycles. The maximum Gasteiger partial charge on any atom is 0.313 e. The fraction of sp³-hybridized carbons (Fsp3) is 0.423. The van der Waals surface area contributed by atoms with Crippen LogP contribution in [0.3, 0.4) is 0 Å². The maximum atomic E-state index is 12.9. The summed E-state index contributed by atoms with van der Waals surface area (Å²) in [5.41, 5.74) is 2.94. The van der Waals surface area contributed by atoms with E-state index in [9.17, 15) is 14.4 Å². The minimum Gasteiger partial charge on any atom is -0.341 e. The van der Waals surface area contributed by atoms with Gasteiger partial charge in [-0.3, -0.25) is 14.4 Å². The van der Waals surface area contributed by atoms with Crippen molar-refractivity contribution >= 4 is 23.4 Å². The Morgan fingerprint density at radius 3 is 2.19 bits per heavy atom.